The number of benzene rings is 1. The second kappa shape index (κ2) is 6.28. The highest BCUT2D eigenvalue weighted by molar-refractivity contribution is 5.58. The maximum absolute atomic E-state index is 6.15. The molecule has 1 unspecified atom stereocenters. The highest BCUT2D eigenvalue weighted by Crippen LogP contribution is 2.29. The van der Waals surface area contributed by atoms with Crippen molar-refractivity contribution in [3.05, 3.63) is 42.0 Å². The van der Waals surface area contributed by atoms with E-state index in [1.165, 1.54) is 31.5 Å². The van der Waals surface area contributed by atoms with E-state index < -0.39 is 0 Å². The molecule has 0 radical (unpaired) electrons. The van der Waals surface area contributed by atoms with E-state index >= 15 is 0 Å². The first-order valence-electron chi connectivity index (χ1n) is 8.58. The van der Waals surface area contributed by atoms with Crippen molar-refractivity contribution in [3.63, 3.8) is 0 Å². The third kappa shape index (κ3) is 3.22. The minimum atomic E-state index is 0.297. The Morgan fingerprint density at radius 3 is 2.65 bits per heavy atom. The Balaban J connectivity index is 1.45. The van der Waals surface area contributed by atoms with Gasteiger partial charge < -0.3 is 9.64 Å². The van der Waals surface area contributed by atoms with E-state index in [0.717, 1.165) is 24.2 Å². The summed E-state index contributed by atoms with van der Waals surface area (Å²) in [5.41, 5.74) is 3.24. The summed E-state index contributed by atoms with van der Waals surface area (Å²) in [6, 6.07) is 12.3. The molecule has 0 amide bonds. The highest BCUT2D eigenvalue weighted by atomic mass is 16.5. The Labute approximate surface area is 137 Å². The van der Waals surface area contributed by atoms with Crippen LogP contribution in [0.2, 0.25) is 0 Å². The van der Waals surface area contributed by atoms with Gasteiger partial charge in [0, 0.05) is 30.6 Å². The number of fused-ring (bicyclic) bond motifs is 2. The van der Waals surface area contributed by atoms with Crippen molar-refractivity contribution in [2.24, 2.45) is 5.92 Å². The second-order valence-corrected chi connectivity index (χ2v) is 6.77. The fourth-order valence-electron chi connectivity index (χ4n) is 3.71. The third-order valence-corrected chi connectivity index (χ3v) is 5.06. The molecule has 2 fully saturated rings. The van der Waals surface area contributed by atoms with E-state index in [4.69, 9.17) is 4.74 Å². The lowest BCUT2D eigenvalue weighted by Crippen LogP contribution is -2.49. The molecule has 2 aliphatic rings. The first-order valence-corrected chi connectivity index (χ1v) is 8.58. The van der Waals surface area contributed by atoms with Crippen LogP contribution in [0.3, 0.4) is 0 Å². The first-order chi connectivity index (χ1) is 11.3. The van der Waals surface area contributed by atoms with E-state index in [-0.39, 0.29) is 0 Å². The second-order valence-electron chi connectivity index (χ2n) is 6.77. The van der Waals surface area contributed by atoms with Crippen LogP contribution >= 0.6 is 0 Å². The van der Waals surface area contributed by atoms with E-state index in [0.29, 0.717) is 17.9 Å². The van der Waals surface area contributed by atoms with E-state index in [1.54, 1.807) is 0 Å². The molecule has 120 valence electrons. The van der Waals surface area contributed by atoms with Gasteiger partial charge in [0.05, 0.1) is 5.69 Å². The number of nitrogens with zero attached hydrogens (tertiary/aromatic N) is 3. The Kier molecular flexibility index (Phi) is 4.00. The fraction of sp³-hybridized carbons (Fsp3) is 0.474. The molecule has 2 saturated heterocycles. The van der Waals surface area contributed by atoms with Gasteiger partial charge in [-0.1, -0.05) is 29.8 Å². The molecule has 2 bridgehead atoms. The van der Waals surface area contributed by atoms with Gasteiger partial charge in [-0.2, -0.15) is 0 Å². The smallest absolute Gasteiger partial charge is 0.233 e. The van der Waals surface area contributed by atoms with Gasteiger partial charge in [-0.15, -0.1) is 10.2 Å². The van der Waals surface area contributed by atoms with Crippen molar-refractivity contribution in [1.82, 2.24) is 15.1 Å². The minimum absolute atomic E-state index is 0.297. The lowest BCUT2D eigenvalue weighted by molar-refractivity contribution is 0.0123. The number of piperidine rings is 2. The summed E-state index contributed by atoms with van der Waals surface area (Å²) < 4.78 is 6.15. The number of hydrogen-bond donors (Lipinski definition) is 0. The van der Waals surface area contributed by atoms with Crippen molar-refractivity contribution in [3.8, 4) is 17.1 Å². The van der Waals surface area contributed by atoms with Crippen LogP contribution in [-0.4, -0.2) is 40.8 Å². The van der Waals surface area contributed by atoms with Gasteiger partial charge in [0.1, 0.15) is 6.10 Å². The van der Waals surface area contributed by atoms with Gasteiger partial charge in [0.25, 0.3) is 0 Å². The van der Waals surface area contributed by atoms with Crippen LogP contribution in [0.4, 0.5) is 0 Å². The van der Waals surface area contributed by atoms with E-state index in [2.05, 4.69) is 46.3 Å². The maximum atomic E-state index is 6.15. The first kappa shape index (κ1) is 14.6. The molecule has 0 N–H and O–H groups in total. The summed E-state index contributed by atoms with van der Waals surface area (Å²) in [5.74, 6) is 1.31. The van der Waals surface area contributed by atoms with Gasteiger partial charge in [-0.25, -0.2) is 0 Å². The molecule has 0 spiro atoms. The molecule has 2 aliphatic heterocycles. The van der Waals surface area contributed by atoms with Crippen LogP contribution in [0.15, 0.2) is 36.4 Å². The Bertz CT molecular complexity index is 653. The van der Waals surface area contributed by atoms with Crippen LogP contribution in [0.1, 0.15) is 24.8 Å². The Morgan fingerprint density at radius 2 is 1.87 bits per heavy atom. The lowest BCUT2D eigenvalue weighted by atomic mass is 9.87. The predicted octanol–water partition coefficient (Wildman–Crippen LogP) is 3.32. The number of hydrogen-bond acceptors (Lipinski definition) is 4. The topological polar surface area (TPSA) is 38.2 Å². The Morgan fingerprint density at radius 1 is 1.00 bits per heavy atom. The molecule has 3 atom stereocenters. The van der Waals surface area contributed by atoms with Gasteiger partial charge in [0.2, 0.25) is 5.88 Å². The number of aryl methyl sites for hydroxylation is 1. The zero-order valence-electron chi connectivity index (χ0n) is 13.6. The van der Waals surface area contributed by atoms with Crippen LogP contribution in [0, 0.1) is 12.8 Å². The van der Waals surface area contributed by atoms with Crippen molar-refractivity contribution in [2.45, 2.75) is 32.3 Å². The molecule has 3 heterocycles. The third-order valence-electron chi connectivity index (χ3n) is 5.06. The summed E-state index contributed by atoms with van der Waals surface area (Å²) in [6.45, 7) is 5.67. The molecule has 0 aliphatic carbocycles. The molecule has 4 rings (SSSR count). The van der Waals surface area contributed by atoms with E-state index in [1.807, 2.05) is 12.1 Å². The molecule has 0 saturated carbocycles. The zero-order valence-corrected chi connectivity index (χ0v) is 13.6. The average Bonchev–Trinajstić information content (AvgIpc) is 2.59. The number of rotatable bonds is 3. The Hall–Kier alpha value is -1.94. The van der Waals surface area contributed by atoms with Crippen molar-refractivity contribution in [2.75, 3.05) is 19.6 Å². The summed E-state index contributed by atoms with van der Waals surface area (Å²) >= 11 is 0. The summed E-state index contributed by atoms with van der Waals surface area (Å²) in [5, 5.41) is 8.63. The molecule has 2 aromatic rings. The van der Waals surface area contributed by atoms with Gasteiger partial charge >= 0.3 is 0 Å². The molecular weight excluding hydrogens is 286 g/mol. The van der Waals surface area contributed by atoms with E-state index in [9.17, 15) is 0 Å². The standard InChI is InChI=1S/C19H23N3O/c1-14-4-6-15(7-5-14)17-8-9-19(21-20-17)23-18-10-12-22-11-2-3-16(18)13-22/h4-9,16,18H,2-3,10-13H2,1H3/t16-,18-/m0/s1. The van der Waals surface area contributed by atoms with Gasteiger partial charge in [-0.05, 0) is 38.8 Å². The van der Waals surface area contributed by atoms with Crippen LogP contribution in [0.5, 0.6) is 5.88 Å². The summed E-state index contributed by atoms with van der Waals surface area (Å²) in [6.07, 6.45) is 3.97. The monoisotopic (exact) mass is 309 g/mol. The van der Waals surface area contributed by atoms with Crippen molar-refractivity contribution < 1.29 is 4.74 Å². The predicted molar refractivity (Wildman–Crippen MR) is 90.4 cm³/mol. The van der Waals surface area contributed by atoms with Crippen LogP contribution in [0.25, 0.3) is 11.3 Å². The molecule has 4 nitrogen and oxygen atoms in total. The molecule has 1 aromatic heterocycles. The fourth-order valence-corrected chi connectivity index (χ4v) is 3.71. The number of aromatic nitrogens is 2. The SMILES string of the molecule is Cc1ccc(-c2ccc(O[C@H]3CCN4CCC[C@H]3C4)nn2)cc1. The van der Waals surface area contributed by atoms with Crippen LogP contribution < -0.4 is 4.74 Å². The normalized spacial score (nSPS) is 26.7. The largest absolute Gasteiger partial charge is 0.473 e. The molecular formula is C19H23N3O. The zero-order chi connectivity index (χ0) is 15.6. The van der Waals surface area contributed by atoms with Crippen molar-refractivity contribution >= 4 is 0 Å². The molecule has 1 aromatic carbocycles. The quantitative estimate of drug-likeness (QED) is 0.872. The molecule has 23 heavy (non-hydrogen) atoms. The van der Waals surface area contributed by atoms with Gasteiger partial charge in [-0.3, -0.25) is 0 Å². The molecule has 4 heteroatoms. The number of ether oxygens (including phenoxy) is 1. The highest BCUT2D eigenvalue weighted by Gasteiger charge is 2.33. The summed E-state index contributed by atoms with van der Waals surface area (Å²) in [7, 11) is 0. The minimum Gasteiger partial charge on any atom is -0.473 e. The average molecular weight is 309 g/mol. The summed E-state index contributed by atoms with van der Waals surface area (Å²) in [4.78, 5) is 2.56. The van der Waals surface area contributed by atoms with Crippen molar-refractivity contribution in [1.29, 1.82) is 0 Å². The van der Waals surface area contributed by atoms with Crippen LogP contribution in [-0.2, 0) is 0 Å². The van der Waals surface area contributed by atoms with Gasteiger partial charge in [0.15, 0.2) is 0 Å². The maximum Gasteiger partial charge on any atom is 0.233 e. The lowest BCUT2D eigenvalue weighted by Gasteiger charge is -2.42.